The largest absolute Gasteiger partial charge is 0.339 e. The molecule has 0 unspecified atom stereocenters. The molecule has 16 heavy (non-hydrogen) atoms. The van der Waals surface area contributed by atoms with Gasteiger partial charge in [-0.25, -0.2) is 0 Å². The van der Waals surface area contributed by atoms with Crippen molar-refractivity contribution >= 4 is 5.91 Å². The van der Waals surface area contributed by atoms with Gasteiger partial charge in [0.2, 0.25) is 0 Å². The predicted octanol–water partition coefficient (Wildman–Crippen LogP) is 2.93. The fourth-order valence-electron chi connectivity index (χ4n) is 2.41. The van der Waals surface area contributed by atoms with Crippen molar-refractivity contribution in [2.75, 3.05) is 13.1 Å². The molecule has 1 amide bonds. The minimum Gasteiger partial charge on any atom is -0.339 e. The van der Waals surface area contributed by atoms with Crippen LogP contribution < -0.4 is 0 Å². The van der Waals surface area contributed by atoms with Crippen LogP contribution in [-0.2, 0) is 0 Å². The fraction of sp³-hybridized carbons (Fsp3) is 0.500. The highest BCUT2D eigenvalue weighted by Crippen LogP contribution is 2.18. The van der Waals surface area contributed by atoms with Crippen LogP contribution in [0.1, 0.15) is 40.7 Å². The molecule has 0 saturated carbocycles. The van der Waals surface area contributed by atoms with Gasteiger partial charge in [0.15, 0.2) is 0 Å². The first-order chi connectivity index (χ1) is 7.70. The second-order valence-electron chi connectivity index (χ2n) is 4.62. The average Bonchev–Trinajstić information content (AvgIpc) is 2.30. The van der Waals surface area contributed by atoms with Gasteiger partial charge >= 0.3 is 0 Å². The van der Waals surface area contributed by atoms with Crippen LogP contribution in [0, 0.1) is 13.8 Å². The number of rotatable bonds is 1. The van der Waals surface area contributed by atoms with Crippen molar-refractivity contribution in [1.29, 1.82) is 0 Å². The molecular formula is C14H19NO. The Bertz CT molecular complexity index is 371. The molecule has 2 heteroatoms. The summed E-state index contributed by atoms with van der Waals surface area (Å²) in [6.07, 6.45) is 3.56. The number of carbonyl (C=O) groups is 1. The van der Waals surface area contributed by atoms with E-state index in [2.05, 4.69) is 0 Å². The van der Waals surface area contributed by atoms with E-state index in [1.54, 1.807) is 0 Å². The van der Waals surface area contributed by atoms with Gasteiger partial charge in [-0.2, -0.15) is 0 Å². The molecule has 2 rings (SSSR count). The maximum Gasteiger partial charge on any atom is 0.254 e. The zero-order valence-electron chi connectivity index (χ0n) is 10.1. The number of carbonyl (C=O) groups excluding carboxylic acids is 1. The Balaban J connectivity index is 2.26. The second kappa shape index (κ2) is 4.69. The van der Waals surface area contributed by atoms with Crippen molar-refractivity contribution in [2.45, 2.75) is 33.1 Å². The molecule has 0 atom stereocenters. The molecule has 0 aromatic heterocycles. The van der Waals surface area contributed by atoms with Gasteiger partial charge in [-0.05, 0) is 44.2 Å². The molecule has 2 nitrogen and oxygen atoms in total. The molecule has 1 heterocycles. The standard InChI is InChI=1S/C14H19NO/c1-11-7-6-8-12(2)13(11)14(16)15-9-4-3-5-10-15/h6-8H,3-5,9-10H2,1-2H3. The third kappa shape index (κ3) is 2.11. The summed E-state index contributed by atoms with van der Waals surface area (Å²) in [5.41, 5.74) is 3.09. The first-order valence-electron chi connectivity index (χ1n) is 6.05. The molecule has 0 N–H and O–H groups in total. The number of hydrogen-bond donors (Lipinski definition) is 0. The summed E-state index contributed by atoms with van der Waals surface area (Å²) in [6.45, 7) is 5.88. The molecule has 1 aliphatic rings. The Morgan fingerprint density at radius 1 is 1.06 bits per heavy atom. The summed E-state index contributed by atoms with van der Waals surface area (Å²) < 4.78 is 0. The van der Waals surface area contributed by atoms with E-state index in [4.69, 9.17) is 0 Å². The van der Waals surface area contributed by atoms with Gasteiger partial charge in [-0.3, -0.25) is 4.79 Å². The monoisotopic (exact) mass is 217 g/mol. The van der Waals surface area contributed by atoms with Gasteiger partial charge in [-0.15, -0.1) is 0 Å². The minimum atomic E-state index is 0.218. The lowest BCUT2D eigenvalue weighted by molar-refractivity contribution is 0.0723. The van der Waals surface area contributed by atoms with E-state index in [1.807, 2.05) is 36.9 Å². The quantitative estimate of drug-likeness (QED) is 0.708. The summed E-state index contributed by atoms with van der Waals surface area (Å²) >= 11 is 0. The van der Waals surface area contributed by atoms with Crippen LogP contribution >= 0.6 is 0 Å². The average molecular weight is 217 g/mol. The van der Waals surface area contributed by atoms with Crippen LogP contribution in [0.3, 0.4) is 0 Å². The highest BCUT2D eigenvalue weighted by Gasteiger charge is 2.20. The van der Waals surface area contributed by atoms with Crippen LogP contribution in [-0.4, -0.2) is 23.9 Å². The zero-order chi connectivity index (χ0) is 11.5. The molecule has 1 fully saturated rings. The number of piperidine rings is 1. The Labute approximate surface area is 97.3 Å². The molecular weight excluding hydrogens is 198 g/mol. The topological polar surface area (TPSA) is 20.3 Å². The smallest absolute Gasteiger partial charge is 0.254 e. The Morgan fingerprint density at radius 2 is 1.62 bits per heavy atom. The molecule has 1 aromatic rings. The van der Waals surface area contributed by atoms with Gasteiger partial charge in [0, 0.05) is 18.7 Å². The lowest BCUT2D eigenvalue weighted by Gasteiger charge is -2.27. The Hall–Kier alpha value is -1.31. The summed E-state index contributed by atoms with van der Waals surface area (Å²) in [4.78, 5) is 14.4. The van der Waals surface area contributed by atoms with Gasteiger partial charge in [0.1, 0.15) is 0 Å². The number of amides is 1. The third-order valence-electron chi connectivity index (χ3n) is 3.34. The molecule has 86 valence electrons. The fourth-order valence-corrected chi connectivity index (χ4v) is 2.41. The lowest BCUT2D eigenvalue weighted by atomic mass is 10.0. The van der Waals surface area contributed by atoms with Crippen LogP contribution in [0.2, 0.25) is 0 Å². The number of likely N-dealkylation sites (tertiary alicyclic amines) is 1. The van der Waals surface area contributed by atoms with Crippen molar-refractivity contribution in [3.8, 4) is 0 Å². The van der Waals surface area contributed by atoms with Gasteiger partial charge in [-0.1, -0.05) is 18.2 Å². The van der Waals surface area contributed by atoms with Crippen molar-refractivity contribution in [2.24, 2.45) is 0 Å². The summed E-state index contributed by atoms with van der Waals surface area (Å²) in [5.74, 6) is 0.218. The summed E-state index contributed by atoms with van der Waals surface area (Å²) in [7, 11) is 0. The number of nitrogens with zero attached hydrogens (tertiary/aromatic N) is 1. The molecule has 0 spiro atoms. The van der Waals surface area contributed by atoms with E-state index in [9.17, 15) is 4.79 Å². The highest BCUT2D eigenvalue weighted by molar-refractivity contribution is 5.97. The van der Waals surface area contributed by atoms with Crippen LogP contribution in [0.15, 0.2) is 18.2 Å². The molecule has 1 aromatic carbocycles. The van der Waals surface area contributed by atoms with E-state index in [-0.39, 0.29) is 5.91 Å². The van der Waals surface area contributed by atoms with E-state index in [1.165, 1.54) is 6.42 Å². The first-order valence-corrected chi connectivity index (χ1v) is 6.05. The molecule has 0 radical (unpaired) electrons. The van der Waals surface area contributed by atoms with Gasteiger partial charge in [0.05, 0.1) is 0 Å². The van der Waals surface area contributed by atoms with E-state index in [0.717, 1.165) is 42.6 Å². The third-order valence-corrected chi connectivity index (χ3v) is 3.34. The van der Waals surface area contributed by atoms with Crippen LogP contribution in [0.25, 0.3) is 0 Å². The molecule has 0 bridgehead atoms. The van der Waals surface area contributed by atoms with E-state index < -0.39 is 0 Å². The number of aryl methyl sites for hydroxylation is 2. The second-order valence-corrected chi connectivity index (χ2v) is 4.62. The normalized spacial score (nSPS) is 16.2. The minimum absolute atomic E-state index is 0.218. The van der Waals surface area contributed by atoms with Gasteiger partial charge in [0.25, 0.3) is 5.91 Å². The number of hydrogen-bond acceptors (Lipinski definition) is 1. The van der Waals surface area contributed by atoms with Crippen molar-refractivity contribution in [3.63, 3.8) is 0 Å². The first kappa shape index (κ1) is 11.2. The van der Waals surface area contributed by atoms with Crippen LogP contribution in [0.5, 0.6) is 0 Å². The maximum absolute atomic E-state index is 12.4. The van der Waals surface area contributed by atoms with E-state index in [0.29, 0.717) is 0 Å². The SMILES string of the molecule is Cc1cccc(C)c1C(=O)N1CCCCC1. The van der Waals surface area contributed by atoms with Crippen molar-refractivity contribution < 1.29 is 4.79 Å². The van der Waals surface area contributed by atoms with Crippen LogP contribution in [0.4, 0.5) is 0 Å². The van der Waals surface area contributed by atoms with Crippen molar-refractivity contribution in [1.82, 2.24) is 4.90 Å². The lowest BCUT2D eigenvalue weighted by Crippen LogP contribution is -2.36. The van der Waals surface area contributed by atoms with E-state index >= 15 is 0 Å². The van der Waals surface area contributed by atoms with Crippen molar-refractivity contribution in [3.05, 3.63) is 34.9 Å². The number of benzene rings is 1. The molecule has 1 saturated heterocycles. The Kier molecular flexibility index (Phi) is 3.28. The molecule has 1 aliphatic heterocycles. The Morgan fingerprint density at radius 3 is 2.19 bits per heavy atom. The predicted molar refractivity (Wildman–Crippen MR) is 65.7 cm³/mol. The van der Waals surface area contributed by atoms with Gasteiger partial charge < -0.3 is 4.90 Å². The highest BCUT2D eigenvalue weighted by atomic mass is 16.2. The zero-order valence-corrected chi connectivity index (χ0v) is 10.1. The summed E-state index contributed by atoms with van der Waals surface area (Å²) in [6, 6.07) is 6.05. The molecule has 0 aliphatic carbocycles. The maximum atomic E-state index is 12.4. The summed E-state index contributed by atoms with van der Waals surface area (Å²) in [5, 5.41) is 0.